The Balaban J connectivity index is 0.000000247. The van der Waals surface area contributed by atoms with Crippen LogP contribution in [0.15, 0.2) is 67.0 Å². The topological polar surface area (TPSA) is 184 Å². The van der Waals surface area contributed by atoms with Gasteiger partial charge in [0.2, 0.25) is 11.8 Å². The van der Waals surface area contributed by atoms with Crippen molar-refractivity contribution in [1.82, 2.24) is 30.2 Å². The van der Waals surface area contributed by atoms with Gasteiger partial charge in [0.25, 0.3) is 0 Å². The van der Waals surface area contributed by atoms with Crippen molar-refractivity contribution in [1.29, 1.82) is 0 Å². The Morgan fingerprint density at radius 3 is 2.60 bits per heavy atom. The van der Waals surface area contributed by atoms with Crippen LogP contribution in [0.25, 0.3) is 16.9 Å². The molecule has 1 saturated carbocycles. The van der Waals surface area contributed by atoms with E-state index < -0.39 is 0 Å². The predicted molar refractivity (Wildman–Crippen MR) is 194 cm³/mol. The van der Waals surface area contributed by atoms with E-state index >= 15 is 0 Å². The molecule has 3 aliphatic rings. The van der Waals surface area contributed by atoms with Crippen molar-refractivity contribution >= 4 is 35.3 Å². The Bertz CT molecular complexity index is 1740. The molecule has 7 rings (SSSR count). The summed E-state index contributed by atoms with van der Waals surface area (Å²) in [5.74, 6) is 1.11. The first kappa shape index (κ1) is 40.3. The van der Waals surface area contributed by atoms with Gasteiger partial charge in [-0.15, -0.1) is 10.2 Å². The Morgan fingerprint density at radius 1 is 1.10 bits per heavy atom. The van der Waals surface area contributed by atoms with Gasteiger partial charge in [0.1, 0.15) is 24.3 Å². The number of para-hydroxylation sites is 3. The second-order valence-corrected chi connectivity index (χ2v) is 12.5. The van der Waals surface area contributed by atoms with Crippen LogP contribution in [-0.2, 0) is 14.4 Å². The van der Waals surface area contributed by atoms with Gasteiger partial charge in [0, 0.05) is 45.6 Å². The average molecular weight is 720 g/mol. The van der Waals surface area contributed by atoms with Crippen molar-refractivity contribution in [2.45, 2.75) is 57.4 Å². The first-order chi connectivity index (χ1) is 24.9. The third kappa shape index (κ3) is 11.0. The molecule has 2 aromatic carbocycles. The van der Waals surface area contributed by atoms with Gasteiger partial charge in [0.05, 0.1) is 36.0 Å². The van der Waals surface area contributed by atoms with Gasteiger partial charge in [-0.25, -0.2) is 4.68 Å². The molecule has 52 heavy (non-hydrogen) atoms. The summed E-state index contributed by atoms with van der Waals surface area (Å²) in [5, 5.41) is 30.4. The number of nitrogens with one attached hydrogen (secondary N) is 2. The summed E-state index contributed by atoms with van der Waals surface area (Å²) in [4.78, 5) is 37.2. The van der Waals surface area contributed by atoms with Gasteiger partial charge in [0.15, 0.2) is 5.82 Å². The largest absolute Gasteiger partial charge is 1.00 e. The normalized spacial score (nSPS) is 15.6. The number of carbonyl (C=O) groups is 3. The monoisotopic (exact) mass is 719 g/mol. The van der Waals surface area contributed by atoms with Gasteiger partial charge < -0.3 is 35.9 Å². The maximum Gasteiger partial charge on any atom is 1.00 e. The second-order valence-electron chi connectivity index (χ2n) is 12.5. The van der Waals surface area contributed by atoms with E-state index in [1.165, 1.54) is 38.2 Å². The van der Waals surface area contributed by atoms with Crippen molar-refractivity contribution in [3.63, 3.8) is 0 Å². The minimum absolute atomic E-state index is 0. The number of hydrogen-bond acceptors (Lipinski definition) is 11. The number of nitrogens with two attached hydrogens (primary N) is 1. The molecule has 2 aromatic heterocycles. The smallest absolute Gasteiger partial charge is 0.872 e. The number of anilines is 3. The second kappa shape index (κ2) is 20.5. The summed E-state index contributed by atoms with van der Waals surface area (Å²) in [5.41, 5.74) is 9.27. The molecule has 0 bridgehead atoms. The van der Waals surface area contributed by atoms with Crippen LogP contribution in [0.1, 0.15) is 51.4 Å². The van der Waals surface area contributed by atoms with Gasteiger partial charge in [-0.2, -0.15) is 5.10 Å². The number of carbonyl (C=O) groups excluding carboxylic acids is 3. The summed E-state index contributed by atoms with van der Waals surface area (Å²) in [7, 11) is 1.59. The third-order valence-electron chi connectivity index (χ3n) is 9.00. The summed E-state index contributed by atoms with van der Waals surface area (Å²) in [6.45, 7) is 3.64. The van der Waals surface area contributed by atoms with E-state index in [4.69, 9.17) is 10.5 Å². The van der Waals surface area contributed by atoms with Gasteiger partial charge in [-0.1, -0.05) is 61.4 Å². The minimum Gasteiger partial charge on any atom is -0.872 e. The van der Waals surface area contributed by atoms with E-state index in [1.807, 2.05) is 24.3 Å². The Labute approximate surface area is 326 Å². The number of benzene rings is 2. The number of rotatable bonds is 8. The molecule has 270 valence electrons. The van der Waals surface area contributed by atoms with Crippen molar-refractivity contribution in [3.8, 4) is 28.4 Å². The molecule has 1 saturated heterocycles. The zero-order chi connectivity index (χ0) is 36.0. The van der Waals surface area contributed by atoms with Crippen molar-refractivity contribution in [2.75, 3.05) is 55.8 Å². The molecule has 4 heterocycles. The Kier molecular flexibility index (Phi) is 15.9. The van der Waals surface area contributed by atoms with Gasteiger partial charge >= 0.3 is 29.6 Å². The molecule has 2 amide bonds. The summed E-state index contributed by atoms with van der Waals surface area (Å²) < 4.78 is 6.94. The van der Waals surface area contributed by atoms with Crippen LogP contribution in [0, 0.1) is 0 Å². The molecule has 15 heteroatoms. The number of aromatic nitrogens is 4. The molecule has 0 radical (unpaired) electrons. The fourth-order valence-electron chi connectivity index (χ4n) is 6.25. The van der Waals surface area contributed by atoms with Crippen LogP contribution in [0.4, 0.5) is 17.2 Å². The molecule has 4 aromatic rings. The van der Waals surface area contributed by atoms with Crippen LogP contribution in [0.5, 0.6) is 11.5 Å². The maximum absolute atomic E-state index is 12.9. The molecule has 2 fully saturated rings. The zero-order valence-electron chi connectivity index (χ0n) is 30.0. The number of piperazine rings is 1. The Hall–Kier alpha value is -4.50. The molecule has 1 aliphatic carbocycles. The number of amides is 2. The molecule has 4 N–H and O–H groups in total. The zero-order valence-corrected chi connectivity index (χ0v) is 32.0. The number of unbranched alkanes of at least 4 members (excludes halogenated alkanes) is 1. The number of fused-ring (bicyclic) bond motifs is 1. The SMILES string of the molecule is CNC(=O)CCCC=O.Nc1nnc(-c2ccccc2[O-])cc1-n1cc(N2CCN(C3CCCCC3)CC2=O)cn1.[Na+].c1ccc2c(c1)NCCO2. The molecular formula is C37H46N9NaO5. The van der Waals surface area contributed by atoms with Gasteiger partial charge in [-0.3, -0.25) is 14.5 Å². The van der Waals surface area contributed by atoms with Gasteiger partial charge in [-0.05, 0) is 43.0 Å². The molecule has 0 atom stereocenters. The van der Waals surface area contributed by atoms with Crippen LogP contribution in [-0.4, -0.2) is 88.9 Å². The molecular weight excluding hydrogens is 673 g/mol. The quantitative estimate of drug-likeness (QED) is 0.131. The summed E-state index contributed by atoms with van der Waals surface area (Å²) in [6, 6.07) is 16.8. The van der Waals surface area contributed by atoms with Crippen molar-refractivity contribution < 1.29 is 53.8 Å². The van der Waals surface area contributed by atoms with E-state index in [-0.39, 0.29) is 52.9 Å². The van der Waals surface area contributed by atoms with E-state index in [2.05, 4.69) is 30.8 Å². The number of nitrogens with zero attached hydrogens (tertiary/aromatic N) is 6. The fraction of sp³-hybridized carbons (Fsp3) is 0.405. The molecule has 0 unspecified atom stereocenters. The van der Waals surface area contributed by atoms with E-state index in [0.29, 0.717) is 55.3 Å². The third-order valence-corrected chi connectivity index (χ3v) is 9.00. The standard InChI is InChI=1S/C23H27N7O2.C8H9NO.C6H11NO2.Na/c24-23-20(12-19(26-27-23)18-8-4-5-9-21(18)31)30-14-17(13-25-30)29-11-10-28(15-22(29)32)16-6-2-1-3-7-16;1-2-4-8-7(3-1)9-5-6-10-8;1-7-6(9)4-2-3-5-8;/h4-5,8-9,12-14,16,31H,1-3,6-7,10-11,15H2,(H2,24,27);1-4,9H,5-6H2;5H,2-4H2,1H3,(H,7,9);/q;;;+1/p-1. The number of ether oxygens (including phenoxy) is 1. The fourth-order valence-corrected chi connectivity index (χ4v) is 6.25. The minimum atomic E-state index is -0.139. The summed E-state index contributed by atoms with van der Waals surface area (Å²) in [6.07, 6.45) is 12.0. The van der Waals surface area contributed by atoms with Crippen LogP contribution in [0.3, 0.4) is 0 Å². The van der Waals surface area contributed by atoms with Crippen molar-refractivity contribution in [3.05, 3.63) is 67.0 Å². The maximum atomic E-state index is 12.9. The average Bonchev–Trinajstić information content (AvgIpc) is 3.66. The van der Waals surface area contributed by atoms with Crippen LogP contribution < -0.4 is 60.7 Å². The van der Waals surface area contributed by atoms with E-state index in [1.54, 1.807) is 53.3 Å². The number of nitrogen functional groups attached to an aromatic ring is 1. The first-order valence-corrected chi connectivity index (χ1v) is 17.5. The Morgan fingerprint density at radius 2 is 1.87 bits per heavy atom. The predicted octanol–water partition coefficient (Wildman–Crippen LogP) is 0.563. The molecule has 0 spiro atoms. The van der Waals surface area contributed by atoms with Crippen LogP contribution >= 0.6 is 0 Å². The van der Waals surface area contributed by atoms with Crippen LogP contribution in [0.2, 0.25) is 0 Å². The van der Waals surface area contributed by atoms with E-state index in [9.17, 15) is 19.5 Å². The summed E-state index contributed by atoms with van der Waals surface area (Å²) >= 11 is 0. The molecule has 2 aliphatic heterocycles. The number of hydrogen-bond donors (Lipinski definition) is 3. The first-order valence-electron chi connectivity index (χ1n) is 17.5. The number of aldehydes is 1. The van der Waals surface area contributed by atoms with Crippen molar-refractivity contribution in [2.24, 2.45) is 0 Å². The molecule has 14 nitrogen and oxygen atoms in total. The van der Waals surface area contributed by atoms with E-state index in [0.717, 1.165) is 43.1 Å².